The second kappa shape index (κ2) is 9.31. The molecule has 0 atom stereocenters. The lowest BCUT2D eigenvalue weighted by atomic mass is 10.0. The number of nitrogens with zero attached hydrogens (tertiary/aromatic N) is 3. The number of halogens is 1. The zero-order valence-corrected chi connectivity index (χ0v) is 20.6. The van der Waals surface area contributed by atoms with Crippen LogP contribution in [0.1, 0.15) is 35.0 Å². The average Bonchev–Trinajstić information content (AvgIpc) is 3.22. The molecule has 6 nitrogen and oxygen atoms in total. The SMILES string of the molecule is COC(=O)C1=C(C)N(Cc2cccnc2)C(=O)/C1=C\c1cc(C)n(-c2cc(Cl)ccc2C)c1C. The van der Waals surface area contributed by atoms with Crippen molar-refractivity contribution in [2.24, 2.45) is 0 Å². The van der Waals surface area contributed by atoms with Crippen LogP contribution in [0.3, 0.4) is 0 Å². The summed E-state index contributed by atoms with van der Waals surface area (Å²) in [6.45, 7) is 8.10. The van der Waals surface area contributed by atoms with E-state index in [4.69, 9.17) is 16.3 Å². The van der Waals surface area contributed by atoms with Gasteiger partial charge in [0, 0.05) is 40.2 Å². The van der Waals surface area contributed by atoms with E-state index in [-0.39, 0.29) is 11.5 Å². The standard InChI is InChI=1S/C27H26ClN3O3/c1-16-8-9-22(28)13-24(16)31-17(2)11-21(18(31)3)12-23-25(27(33)34-5)19(4)30(26(23)32)15-20-7-6-10-29-14-20/h6-14H,15H2,1-5H3/b23-12-. The molecule has 0 bridgehead atoms. The number of benzene rings is 1. The minimum absolute atomic E-state index is 0.245. The predicted octanol–water partition coefficient (Wildman–Crippen LogP) is 5.32. The molecule has 174 valence electrons. The van der Waals surface area contributed by atoms with Crippen LogP contribution in [0, 0.1) is 20.8 Å². The van der Waals surface area contributed by atoms with E-state index in [0.717, 1.165) is 33.8 Å². The molecule has 1 aliphatic heterocycles. The number of methoxy groups -OCH3 is 1. The topological polar surface area (TPSA) is 64.4 Å². The van der Waals surface area contributed by atoms with Crippen molar-refractivity contribution in [3.63, 3.8) is 0 Å². The smallest absolute Gasteiger partial charge is 0.340 e. The Kier molecular flexibility index (Phi) is 6.44. The van der Waals surface area contributed by atoms with E-state index in [1.165, 1.54) is 7.11 Å². The summed E-state index contributed by atoms with van der Waals surface area (Å²) in [7, 11) is 1.32. The maximum Gasteiger partial charge on any atom is 0.340 e. The fourth-order valence-corrected chi connectivity index (χ4v) is 4.54. The summed E-state index contributed by atoms with van der Waals surface area (Å²) in [6.07, 6.45) is 5.17. The van der Waals surface area contributed by atoms with Gasteiger partial charge in [0.05, 0.1) is 24.8 Å². The highest BCUT2D eigenvalue weighted by Crippen LogP contribution is 2.34. The molecule has 3 aromatic rings. The minimum Gasteiger partial charge on any atom is -0.465 e. The third kappa shape index (κ3) is 4.17. The first-order chi connectivity index (χ1) is 16.2. The van der Waals surface area contributed by atoms with Gasteiger partial charge < -0.3 is 14.2 Å². The summed E-state index contributed by atoms with van der Waals surface area (Å²) in [5.74, 6) is -0.782. The molecule has 0 unspecified atom stereocenters. The van der Waals surface area contributed by atoms with Gasteiger partial charge in [0.25, 0.3) is 5.91 Å². The van der Waals surface area contributed by atoms with Crippen LogP contribution in [0.2, 0.25) is 5.02 Å². The fourth-order valence-electron chi connectivity index (χ4n) is 4.38. The molecule has 0 spiro atoms. The average molecular weight is 476 g/mol. The van der Waals surface area contributed by atoms with E-state index in [2.05, 4.69) is 9.55 Å². The van der Waals surface area contributed by atoms with Crippen LogP contribution < -0.4 is 0 Å². The van der Waals surface area contributed by atoms with Gasteiger partial charge in [0.2, 0.25) is 0 Å². The quantitative estimate of drug-likeness (QED) is 0.370. The van der Waals surface area contributed by atoms with E-state index in [9.17, 15) is 9.59 Å². The Bertz CT molecular complexity index is 1350. The largest absolute Gasteiger partial charge is 0.465 e. The molecule has 1 aromatic carbocycles. The van der Waals surface area contributed by atoms with Gasteiger partial charge in [-0.15, -0.1) is 0 Å². The maximum atomic E-state index is 13.5. The van der Waals surface area contributed by atoms with Crippen molar-refractivity contribution in [2.75, 3.05) is 7.11 Å². The first-order valence-electron chi connectivity index (χ1n) is 10.9. The highest BCUT2D eigenvalue weighted by atomic mass is 35.5. The first kappa shape index (κ1) is 23.5. The summed E-state index contributed by atoms with van der Waals surface area (Å²) >= 11 is 6.27. The van der Waals surface area contributed by atoms with Crippen molar-refractivity contribution in [1.29, 1.82) is 0 Å². The highest BCUT2D eigenvalue weighted by molar-refractivity contribution is 6.30. The summed E-state index contributed by atoms with van der Waals surface area (Å²) in [5.41, 5.74) is 6.86. The Morgan fingerprint density at radius 1 is 1.15 bits per heavy atom. The van der Waals surface area contributed by atoms with Crippen LogP contribution in [-0.2, 0) is 20.9 Å². The van der Waals surface area contributed by atoms with Crippen LogP contribution in [-0.4, -0.2) is 33.4 Å². The van der Waals surface area contributed by atoms with Crippen molar-refractivity contribution in [1.82, 2.24) is 14.5 Å². The lowest BCUT2D eigenvalue weighted by Crippen LogP contribution is -2.24. The number of carbonyl (C=O) groups is 2. The van der Waals surface area contributed by atoms with E-state index >= 15 is 0 Å². The van der Waals surface area contributed by atoms with Gasteiger partial charge in [-0.05, 0) is 74.7 Å². The zero-order chi connectivity index (χ0) is 24.6. The molecule has 1 aliphatic rings. The number of pyridine rings is 1. The van der Waals surface area contributed by atoms with Gasteiger partial charge in [-0.3, -0.25) is 9.78 Å². The molecule has 7 heteroatoms. The van der Waals surface area contributed by atoms with Crippen molar-refractivity contribution < 1.29 is 14.3 Å². The fraction of sp³-hybridized carbons (Fsp3) is 0.222. The number of allylic oxidation sites excluding steroid dienone is 1. The van der Waals surface area contributed by atoms with Crippen LogP contribution in [0.4, 0.5) is 0 Å². The Morgan fingerprint density at radius 2 is 1.91 bits per heavy atom. The number of amides is 1. The molecule has 0 aliphatic carbocycles. The number of rotatable bonds is 5. The number of esters is 1. The zero-order valence-electron chi connectivity index (χ0n) is 19.8. The lowest BCUT2D eigenvalue weighted by molar-refractivity contribution is -0.136. The molecule has 3 heterocycles. The van der Waals surface area contributed by atoms with E-state index in [1.54, 1.807) is 30.3 Å². The normalized spacial score (nSPS) is 14.9. The summed E-state index contributed by atoms with van der Waals surface area (Å²) in [6, 6.07) is 11.5. The van der Waals surface area contributed by atoms with E-state index in [0.29, 0.717) is 22.8 Å². The molecular formula is C27H26ClN3O3. The van der Waals surface area contributed by atoms with Gasteiger partial charge in [-0.1, -0.05) is 23.7 Å². The molecule has 1 amide bonds. The number of hydrogen-bond acceptors (Lipinski definition) is 4. The number of carbonyl (C=O) groups excluding carboxylic acids is 2. The first-order valence-corrected chi connectivity index (χ1v) is 11.3. The van der Waals surface area contributed by atoms with E-state index < -0.39 is 5.97 Å². The third-order valence-electron chi connectivity index (χ3n) is 6.15. The number of hydrogen-bond donors (Lipinski definition) is 0. The minimum atomic E-state index is -0.537. The van der Waals surface area contributed by atoms with Crippen LogP contribution >= 0.6 is 11.6 Å². The van der Waals surface area contributed by atoms with Crippen molar-refractivity contribution >= 4 is 29.6 Å². The van der Waals surface area contributed by atoms with Crippen LogP contribution in [0.15, 0.2) is 65.6 Å². The van der Waals surface area contributed by atoms with Crippen LogP contribution in [0.5, 0.6) is 0 Å². The van der Waals surface area contributed by atoms with Gasteiger partial charge in [-0.2, -0.15) is 0 Å². The Labute approximate surface area is 204 Å². The molecule has 0 saturated heterocycles. The molecule has 34 heavy (non-hydrogen) atoms. The maximum absolute atomic E-state index is 13.5. The summed E-state index contributed by atoms with van der Waals surface area (Å²) < 4.78 is 7.13. The number of aryl methyl sites for hydroxylation is 2. The molecule has 0 fully saturated rings. The summed E-state index contributed by atoms with van der Waals surface area (Å²) in [4.78, 5) is 31.9. The number of aromatic nitrogens is 2. The number of ether oxygens (including phenoxy) is 1. The van der Waals surface area contributed by atoms with Gasteiger partial charge >= 0.3 is 5.97 Å². The molecule has 0 radical (unpaired) electrons. The Balaban J connectivity index is 1.81. The molecule has 4 rings (SSSR count). The van der Waals surface area contributed by atoms with Gasteiger partial charge in [-0.25, -0.2) is 4.79 Å². The monoisotopic (exact) mass is 475 g/mol. The predicted molar refractivity (Wildman–Crippen MR) is 132 cm³/mol. The molecule has 0 N–H and O–H groups in total. The third-order valence-corrected chi connectivity index (χ3v) is 6.38. The lowest BCUT2D eigenvalue weighted by Gasteiger charge is -2.17. The summed E-state index contributed by atoms with van der Waals surface area (Å²) in [5, 5.41) is 0.650. The Morgan fingerprint density at radius 3 is 2.59 bits per heavy atom. The molecule has 0 saturated carbocycles. The van der Waals surface area contributed by atoms with Gasteiger partial charge in [0.15, 0.2) is 0 Å². The van der Waals surface area contributed by atoms with E-state index in [1.807, 2.05) is 57.2 Å². The van der Waals surface area contributed by atoms with Crippen molar-refractivity contribution in [2.45, 2.75) is 34.2 Å². The van der Waals surface area contributed by atoms with Crippen molar-refractivity contribution in [3.8, 4) is 5.69 Å². The molecular weight excluding hydrogens is 450 g/mol. The Hall–Kier alpha value is -3.64. The van der Waals surface area contributed by atoms with Crippen LogP contribution in [0.25, 0.3) is 11.8 Å². The van der Waals surface area contributed by atoms with Gasteiger partial charge in [0.1, 0.15) is 0 Å². The van der Waals surface area contributed by atoms with Crippen molar-refractivity contribution in [3.05, 3.63) is 98.7 Å². The second-order valence-electron chi connectivity index (χ2n) is 8.36. The molecule has 2 aromatic heterocycles. The highest BCUT2D eigenvalue weighted by Gasteiger charge is 2.37. The second-order valence-corrected chi connectivity index (χ2v) is 8.79.